The van der Waals surface area contributed by atoms with Crippen LogP contribution in [-0.2, 0) is 16.3 Å². The van der Waals surface area contributed by atoms with Crippen molar-refractivity contribution in [2.24, 2.45) is 5.84 Å². The lowest BCUT2D eigenvalue weighted by Gasteiger charge is -2.15. The molecule has 0 aliphatic heterocycles. The molecule has 1 aromatic rings. The lowest BCUT2D eigenvalue weighted by Crippen LogP contribution is -2.33. The van der Waals surface area contributed by atoms with Gasteiger partial charge in [-0.15, -0.1) is 0 Å². The lowest BCUT2D eigenvalue weighted by atomic mass is 10.0. The average molecular weight is 242 g/mol. The summed E-state index contributed by atoms with van der Waals surface area (Å²) in [7, 11) is -3.05. The first-order chi connectivity index (χ1) is 7.46. The first-order valence-corrected chi connectivity index (χ1v) is 7.25. The Bertz CT molecular complexity index is 443. The zero-order chi connectivity index (χ0) is 12.2. The summed E-state index contributed by atoms with van der Waals surface area (Å²) in [5.41, 5.74) is 4.63. The van der Waals surface area contributed by atoms with Gasteiger partial charge < -0.3 is 0 Å². The summed E-state index contributed by atoms with van der Waals surface area (Å²) in [4.78, 5) is 0. The van der Waals surface area contributed by atoms with Crippen LogP contribution in [0.3, 0.4) is 0 Å². The zero-order valence-corrected chi connectivity index (χ0v) is 10.4. The van der Waals surface area contributed by atoms with Crippen molar-refractivity contribution in [2.45, 2.75) is 19.4 Å². The summed E-state index contributed by atoms with van der Waals surface area (Å²) < 4.78 is 22.5. The van der Waals surface area contributed by atoms with Gasteiger partial charge >= 0.3 is 0 Å². The molecule has 0 aliphatic rings. The minimum Gasteiger partial charge on any atom is -0.271 e. The van der Waals surface area contributed by atoms with E-state index in [-0.39, 0.29) is 11.8 Å². The van der Waals surface area contributed by atoms with E-state index in [2.05, 4.69) is 12.3 Å². The van der Waals surface area contributed by atoms with Crippen molar-refractivity contribution in [1.29, 1.82) is 0 Å². The molecular formula is C11H18N2O2S. The van der Waals surface area contributed by atoms with Crippen LogP contribution in [0.4, 0.5) is 0 Å². The average Bonchev–Trinajstić information content (AvgIpc) is 2.25. The highest BCUT2D eigenvalue weighted by molar-refractivity contribution is 7.90. The maximum absolute atomic E-state index is 11.2. The van der Waals surface area contributed by atoms with Crippen molar-refractivity contribution in [2.75, 3.05) is 12.0 Å². The van der Waals surface area contributed by atoms with Gasteiger partial charge in [0.05, 0.1) is 11.8 Å². The van der Waals surface area contributed by atoms with Gasteiger partial charge in [-0.2, -0.15) is 0 Å². The molecule has 0 radical (unpaired) electrons. The van der Waals surface area contributed by atoms with Crippen molar-refractivity contribution in [3.05, 3.63) is 35.4 Å². The van der Waals surface area contributed by atoms with Gasteiger partial charge in [0.15, 0.2) is 0 Å². The van der Waals surface area contributed by atoms with Gasteiger partial charge in [-0.25, -0.2) is 8.42 Å². The normalized spacial score (nSPS) is 13.7. The number of hydrogen-bond donors (Lipinski definition) is 2. The third kappa shape index (κ3) is 3.92. The van der Waals surface area contributed by atoms with Gasteiger partial charge in [-0.3, -0.25) is 11.3 Å². The van der Waals surface area contributed by atoms with Gasteiger partial charge in [-0.1, -0.05) is 31.2 Å². The highest BCUT2D eigenvalue weighted by atomic mass is 32.2. The predicted molar refractivity (Wildman–Crippen MR) is 65.6 cm³/mol. The molecule has 1 rings (SSSR count). The minimum absolute atomic E-state index is 0.0106. The molecule has 0 aromatic heterocycles. The highest BCUT2D eigenvalue weighted by Crippen LogP contribution is 2.16. The van der Waals surface area contributed by atoms with Gasteiger partial charge in [0.1, 0.15) is 9.84 Å². The van der Waals surface area contributed by atoms with E-state index in [0.717, 1.165) is 12.0 Å². The maximum Gasteiger partial charge on any atom is 0.149 e. The van der Waals surface area contributed by atoms with Crippen LogP contribution < -0.4 is 11.3 Å². The van der Waals surface area contributed by atoms with Gasteiger partial charge in [0, 0.05) is 6.26 Å². The topological polar surface area (TPSA) is 72.2 Å². The fourth-order valence-corrected chi connectivity index (χ4v) is 2.47. The number of sulfone groups is 1. The first kappa shape index (κ1) is 13.2. The van der Waals surface area contributed by atoms with Crippen LogP contribution in [0.15, 0.2) is 24.3 Å². The van der Waals surface area contributed by atoms with Crippen LogP contribution >= 0.6 is 0 Å². The SMILES string of the molecule is CCc1cccc(C(CS(C)(=O)=O)NN)c1. The molecule has 90 valence electrons. The number of hydrogen-bond acceptors (Lipinski definition) is 4. The summed E-state index contributed by atoms with van der Waals surface area (Å²) >= 11 is 0. The van der Waals surface area contributed by atoms with E-state index in [0.29, 0.717) is 0 Å². The van der Waals surface area contributed by atoms with Gasteiger partial charge in [-0.05, 0) is 17.5 Å². The zero-order valence-electron chi connectivity index (χ0n) is 9.60. The van der Waals surface area contributed by atoms with E-state index < -0.39 is 9.84 Å². The molecule has 4 nitrogen and oxygen atoms in total. The quantitative estimate of drug-likeness (QED) is 0.591. The second-order valence-electron chi connectivity index (χ2n) is 3.91. The van der Waals surface area contributed by atoms with Crippen molar-refractivity contribution < 1.29 is 8.42 Å². The standard InChI is InChI=1S/C11H18N2O2S/c1-3-9-5-4-6-10(7-9)11(13-12)8-16(2,14)15/h4-7,11,13H,3,8,12H2,1-2H3. The summed E-state index contributed by atoms with van der Waals surface area (Å²) in [5.74, 6) is 5.40. The Balaban J connectivity index is 2.94. The van der Waals surface area contributed by atoms with Crippen LogP contribution in [0.25, 0.3) is 0 Å². The Morgan fingerprint density at radius 1 is 1.44 bits per heavy atom. The van der Waals surface area contributed by atoms with Crippen LogP contribution in [0.5, 0.6) is 0 Å². The monoisotopic (exact) mass is 242 g/mol. The van der Waals surface area contributed by atoms with Crippen LogP contribution in [0.2, 0.25) is 0 Å². The van der Waals surface area contributed by atoms with Crippen LogP contribution in [-0.4, -0.2) is 20.4 Å². The second kappa shape index (κ2) is 5.43. The second-order valence-corrected chi connectivity index (χ2v) is 6.10. The third-order valence-corrected chi connectivity index (χ3v) is 3.37. The van der Waals surface area contributed by atoms with Crippen molar-refractivity contribution >= 4 is 9.84 Å². The molecule has 0 aliphatic carbocycles. The van der Waals surface area contributed by atoms with E-state index in [1.807, 2.05) is 24.3 Å². The number of rotatable bonds is 5. The maximum atomic E-state index is 11.2. The number of benzene rings is 1. The molecule has 1 unspecified atom stereocenters. The summed E-state index contributed by atoms with van der Waals surface area (Å²) in [6, 6.07) is 7.45. The molecule has 0 saturated heterocycles. The smallest absolute Gasteiger partial charge is 0.149 e. The Labute approximate surface area is 96.7 Å². The highest BCUT2D eigenvalue weighted by Gasteiger charge is 2.15. The summed E-state index contributed by atoms with van der Waals surface area (Å²) in [5, 5.41) is 0. The Hall–Kier alpha value is -0.910. The molecule has 0 bridgehead atoms. The molecule has 0 fully saturated rings. The number of aryl methyl sites for hydroxylation is 1. The van der Waals surface area contributed by atoms with Crippen LogP contribution in [0, 0.1) is 0 Å². The Morgan fingerprint density at radius 3 is 2.62 bits per heavy atom. The Kier molecular flexibility index (Phi) is 4.46. The molecule has 1 atom stereocenters. The minimum atomic E-state index is -3.05. The van der Waals surface area contributed by atoms with Crippen molar-refractivity contribution in [3.63, 3.8) is 0 Å². The van der Waals surface area contributed by atoms with Crippen molar-refractivity contribution in [3.8, 4) is 0 Å². The van der Waals surface area contributed by atoms with Crippen molar-refractivity contribution in [1.82, 2.24) is 5.43 Å². The van der Waals surface area contributed by atoms with E-state index in [1.165, 1.54) is 11.8 Å². The molecule has 1 aromatic carbocycles. The number of hydrazine groups is 1. The molecule has 0 amide bonds. The number of nitrogens with two attached hydrogens (primary N) is 1. The van der Waals surface area contributed by atoms with E-state index in [4.69, 9.17) is 5.84 Å². The summed E-state index contributed by atoms with van der Waals surface area (Å²) in [6.45, 7) is 2.06. The van der Waals surface area contributed by atoms with Crippen LogP contribution in [0.1, 0.15) is 24.1 Å². The molecule has 0 heterocycles. The largest absolute Gasteiger partial charge is 0.271 e. The van der Waals surface area contributed by atoms with Gasteiger partial charge in [0.25, 0.3) is 0 Å². The summed E-state index contributed by atoms with van der Waals surface area (Å²) in [6.07, 6.45) is 2.13. The van der Waals surface area contributed by atoms with Gasteiger partial charge in [0.2, 0.25) is 0 Å². The fourth-order valence-electron chi connectivity index (χ4n) is 1.57. The lowest BCUT2D eigenvalue weighted by molar-refractivity contribution is 0.564. The van der Waals surface area contributed by atoms with E-state index >= 15 is 0 Å². The number of nitrogens with one attached hydrogen (secondary N) is 1. The predicted octanol–water partition coefficient (Wildman–Crippen LogP) is 0.798. The van der Waals surface area contributed by atoms with E-state index in [9.17, 15) is 8.42 Å². The third-order valence-electron chi connectivity index (χ3n) is 2.43. The fraction of sp³-hybridized carbons (Fsp3) is 0.455. The first-order valence-electron chi connectivity index (χ1n) is 5.19. The van der Waals surface area contributed by atoms with E-state index in [1.54, 1.807) is 0 Å². The molecule has 0 saturated carbocycles. The molecule has 0 spiro atoms. The molecule has 16 heavy (non-hydrogen) atoms. The molecule has 3 N–H and O–H groups in total. The Morgan fingerprint density at radius 2 is 2.12 bits per heavy atom. The molecule has 5 heteroatoms. The molecular weight excluding hydrogens is 224 g/mol.